The molecule has 32 heavy (non-hydrogen) atoms. The maximum Gasteiger partial charge on any atom is 0.266 e. The van der Waals surface area contributed by atoms with Crippen LogP contribution in [0.4, 0.5) is 5.69 Å². The molecule has 4 rings (SSSR count). The molecule has 2 heterocycles. The molecule has 8 heteroatoms. The summed E-state index contributed by atoms with van der Waals surface area (Å²) in [5.41, 5.74) is 3.39. The van der Waals surface area contributed by atoms with Crippen LogP contribution in [-0.2, 0) is 10.0 Å². The number of anilines is 1. The van der Waals surface area contributed by atoms with Crippen molar-refractivity contribution in [2.24, 2.45) is 4.99 Å². The van der Waals surface area contributed by atoms with E-state index in [1.165, 1.54) is 23.5 Å². The normalized spacial score (nSPS) is 14.3. The number of amidine groups is 1. The Labute approximate surface area is 192 Å². The third-order valence-electron chi connectivity index (χ3n) is 5.26. The number of rotatable bonds is 5. The smallest absolute Gasteiger partial charge is 0.266 e. The van der Waals surface area contributed by atoms with Gasteiger partial charge in [0.2, 0.25) is 0 Å². The minimum absolute atomic E-state index is 0.0900. The third-order valence-corrected chi connectivity index (χ3v) is 7.55. The largest absolute Gasteiger partial charge is 0.321 e. The quantitative estimate of drug-likeness (QED) is 0.539. The van der Waals surface area contributed by atoms with Gasteiger partial charge in [-0.05, 0) is 55.0 Å². The van der Waals surface area contributed by atoms with E-state index in [0.29, 0.717) is 29.4 Å². The summed E-state index contributed by atoms with van der Waals surface area (Å²) >= 11 is 1.35. The van der Waals surface area contributed by atoms with Gasteiger partial charge >= 0.3 is 0 Å². The Bertz CT molecular complexity index is 1250. The van der Waals surface area contributed by atoms with Gasteiger partial charge in [0.1, 0.15) is 5.84 Å². The number of aryl methyl sites for hydroxylation is 1. The number of amides is 1. The lowest BCUT2D eigenvalue weighted by Gasteiger charge is -2.11. The summed E-state index contributed by atoms with van der Waals surface area (Å²) < 4.78 is 28.3. The molecule has 0 unspecified atom stereocenters. The van der Waals surface area contributed by atoms with Crippen molar-refractivity contribution >= 4 is 38.8 Å². The van der Waals surface area contributed by atoms with E-state index < -0.39 is 10.0 Å². The number of carbonyl (C=O) groups excluding carboxylic acids is 1. The van der Waals surface area contributed by atoms with E-state index in [0.717, 1.165) is 36.0 Å². The van der Waals surface area contributed by atoms with Crippen molar-refractivity contribution in [2.75, 3.05) is 11.9 Å². The monoisotopic (exact) mass is 467 g/mol. The van der Waals surface area contributed by atoms with Crippen LogP contribution in [0.3, 0.4) is 0 Å². The predicted molar refractivity (Wildman–Crippen MR) is 130 cm³/mol. The zero-order valence-corrected chi connectivity index (χ0v) is 19.4. The highest BCUT2D eigenvalue weighted by molar-refractivity contribution is 7.90. The van der Waals surface area contributed by atoms with E-state index >= 15 is 0 Å². The van der Waals surface area contributed by atoms with Crippen LogP contribution in [0.2, 0.25) is 0 Å². The highest BCUT2D eigenvalue weighted by atomic mass is 32.2. The van der Waals surface area contributed by atoms with Crippen LogP contribution < -0.4 is 10.0 Å². The molecule has 1 amide bonds. The first-order valence-corrected chi connectivity index (χ1v) is 12.9. The lowest BCUT2D eigenvalue weighted by Crippen LogP contribution is -2.30. The van der Waals surface area contributed by atoms with Crippen LogP contribution in [0.25, 0.3) is 11.1 Å². The van der Waals surface area contributed by atoms with Gasteiger partial charge in [0.15, 0.2) is 0 Å². The molecule has 0 bridgehead atoms. The van der Waals surface area contributed by atoms with E-state index in [2.05, 4.69) is 15.0 Å². The first kappa shape index (κ1) is 22.2. The topological polar surface area (TPSA) is 87.6 Å². The van der Waals surface area contributed by atoms with Gasteiger partial charge in [-0.15, -0.1) is 11.3 Å². The summed E-state index contributed by atoms with van der Waals surface area (Å²) in [6, 6.07) is 16.2. The van der Waals surface area contributed by atoms with E-state index in [9.17, 15) is 13.2 Å². The summed E-state index contributed by atoms with van der Waals surface area (Å²) in [7, 11) is -3.77. The predicted octanol–water partition coefficient (Wildman–Crippen LogP) is 5.23. The fraction of sp³-hybridized carbons (Fsp3) is 0.250. The maximum atomic E-state index is 13.0. The second-order valence-electron chi connectivity index (χ2n) is 7.76. The molecule has 0 saturated carbocycles. The maximum absolute atomic E-state index is 13.0. The van der Waals surface area contributed by atoms with Crippen LogP contribution in [0.15, 0.2) is 69.9 Å². The van der Waals surface area contributed by atoms with Gasteiger partial charge in [0, 0.05) is 24.2 Å². The first-order chi connectivity index (χ1) is 15.4. The zero-order valence-electron chi connectivity index (χ0n) is 17.8. The van der Waals surface area contributed by atoms with Crippen LogP contribution >= 0.6 is 11.3 Å². The summed E-state index contributed by atoms with van der Waals surface area (Å²) in [5, 5.41) is 4.72. The highest BCUT2D eigenvalue weighted by Crippen LogP contribution is 2.29. The minimum atomic E-state index is -3.77. The van der Waals surface area contributed by atoms with Crippen LogP contribution in [-0.4, -0.2) is 26.7 Å². The van der Waals surface area contributed by atoms with Crippen molar-refractivity contribution in [2.45, 2.75) is 37.5 Å². The van der Waals surface area contributed by atoms with E-state index in [4.69, 9.17) is 0 Å². The summed E-state index contributed by atoms with van der Waals surface area (Å²) in [6.45, 7) is 2.65. The number of aliphatic imine (C=N–C) groups is 1. The third kappa shape index (κ3) is 5.26. The van der Waals surface area contributed by atoms with Crippen molar-refractivity contribution in [1.29, 1.82) is 0 Å². The van der Waals surface area contributed by atoms with Gasteiger partial charge in [-0.1, -0.05) is 42.3 Å². The lowest BCUT2D eigenvalue weighted by molar-refractivity contribution is 0.103. The average molecular weight is 468 g/mol. The van der Waals surface area contributed by atoms with Crippen LogP contribution in [0, 0.1) is 6.92 Å². The van der Waals surface area contributed by atoms with Crippen molar-refractivity contribution in [3.05, 3.63) is 70.4 Å². The minimum Gasteiger partial charge on any atom is -0.321 e. The number of carbonyl (C=O) groups is 1. The fourth-order valence-corrected chi connectivity index (χ4v) is 5.49. The Balaban J connectivity index is 1.52. The molecule has 0 spiro atoms. The second-order valence-corrected chi connectivity index (χ2v) is 10.4. The Hall–Kier alpha value is -2.97. The fourth-order valence-electron chi connectivity index (χ4n) is 3.55. The Morgan fingerprint density at radius 3 is 2.66 bits per heavy atom. The molecule has 2 N–H and O–H groups in total. The standard InChI is InChI=1S/C24H25N3O3S2/c1-17-9-11-18(12-10-17)21-13-15-31-23(21)24(28)26-19-6-5-7-20(16-19)32(29,30)27-22-8-3-2-4-14-25-22/h5-7,9-13,15-16H,2-4,8,14H2,1H3,(H,25,27)(H,26,28). The number of nitrogens with one attached hydrogen (secondary N) is 2. The second kappa shape index (κ2) is 9.67. The van der Waals surface area contributed by atoms with E-state index in [1.807, 2.05) is 42.6 Å². The lowest BCUT2D eigenvalue weighted by atomic mass is 10.0. The van der Waals surface area contributed by atoms with Crippen LogP contribution in [0.1, 0.15) is 40.9 Å². The number of benzene rings is 2. The molecule has 1 aliphatic rings. The molecule has 0 atom stereocenters. The molecule has 0 radical (unpaired) electrons. The van der Waals surface area contributed by atoms with Crippen molar-refractivity contribution < 1.29 is 13.2 Å². The number of nitrogens with zero attached hydrogens (tertiary/aromatic N) is 1. The first-order valence-electron chi connectivity index (χ1n) is 10.5. The SMILES string of the molecule is Cc1ccc(-c2ccsc2C(=O)Nc2cccc(S(=O)(=O)NC3=NCCCCC3)c2)cc1. The number of hydrogen-bond donors (Lipinski definition) is 2. The Morgan fingerprint density at radius 2 is 1.84 bits per heavy atom. The Kier molecular flexibility index (Phi) is 6.72. The van der Waals surface area contributed by atoms with E-state index in [-0.39, 0.29) is 10.8 Å². The molecule has 6 nitrogen and oxygen atoms in total. The Morgan fingerprint density at radius 1 is 1.03 bits per heavy atom. The van der Waals surface area contributed by atoms with Gasteiger partial charge in [-0.2, -0.15) is 0 Å². The molecule has 3 aromatic rings. The molecular formula is C24H25N3O3S2. The molecule has 1 aliphatic heterocycles. The molecule has 166 valence electrons. The van der Waals surface area contributed by atoms with Gasteiger partial charge in [0.25, 0.3) is 15.9 Å². The number of thiophene rings is 1. The van der Waals surface area contributed by atoms with Crippen LogP contribution in [0.5, 0.6) is 0 Å². The van der Waals surface area contributed by atoms with Gasteiger partial charge in [-0.25, -0.2) is 8.42 Å². The van der Waals surface area contributed by atoms with Crippen molar-refractivity contribution in [3.63, 3.8) is 0 Å². The van der Waals surface area contributed by atoms with Crippen molar-refractivity contribution in [3.8, 4) is 11.1 Å². The molecular weight excluding hydrogens is 442 g/mol. The number of hydrogen-bond acceptors (Lipinski definition) is 5. The van der Waals surface area contributed by atoms with Crippen molar-refractivity contribution in [1.82, 2.24) is 4.72 Å². The molecule has 0 aliphatic carbocycles. The summed E-state index contributed by atoms with van der Waals surface area (Å²) in [4.78, 5) is 18.0. The number of sulfonamides is 1. The van der Waals surface area contributed by atoms with E-state index in [1.54, 1.807) is 12.1 Å². The summed E-state index contributed by atoms with van der Waals surface area (Å²) in [5.74, 6) is 0.226. The molecule has 0 fully saturated rings. The average Bonchev–Trinajstić information content (AvgIpc) is 3.13. The van der Waals surface area contributed by atoms with Gasteiger partial charge < -0.3 is 5.32 Å². The molecule has 0 saturated heterocycles. The highest BCUT2D eigenvalue weighted by Gasteiger charge is 2.19. The van der Waals surface area contributed by atoms with Gasteiger partial charge in [-0.3, -0.25) is 14.5 Å². The zero-order chi connectivity index (χ0) is 22.6. The molecule has 2 aromatic carbocycles. The van der Waals surface area contributed by atoms with Gasteiger partial charge in [0.05, 0.1) is 9.77 Å². The summed E-state index contributed by atoms with van der Waals surface area (Å²) in [6.07, 6.45) is 3.56. The molecule has 1 aromatic heterocycles.